The van der Waals surface area contributed by atoms with Crippen molar-refractivity contribution in [1.82, 2.24) is 15.1 Å². The number of hydrogen-bond acceptors (Lipinski definition) is 3. The zero-order valence-corrected chi connectivity index (χ0v) is 17.3. The summed E-state index contributed by atoms with van der Waals surface area (Å²) in [7, 11) is 2.21. The standard InChI is InChI=1S/C23H36N4/c1-3-4-14-26(2)18-22-20-17-19(8-9-21(20)24-25-22)27-15-12-23(13-16-27)10-6-5-7-11-23/h8-9,17H,3-7,10-16,18H2,1-2H3,(H,24,25). The van der Waals surface area contributed by atoms with E-state index in [0.717, 1.165) is 18.6 Å². The van der Waals surface area contributed by atoms with Crippen LogP contribution in [0.5, 0.6) is 0 Å². The summed E-state index contributed by atoms with van der Waals surface area (Å²) in [6, 6.07) is 6.84. The molecule has 1 saturated carbocycles. The van der Waals surface area contributed by atoms with Crippen molar-refractivity contribution in [2.24, 2.45) is 5.41 Å². The third-order valence-corrected chi connectivity index (χ3v) is 7.04. The van der Waals surface area contributed by atoms with E-state index in [2.05, 4.69) is 52.2 Å². The normalized spacial score (nSPS) is 20.0. The van der Waals surface area contributed by atoms with Gasteiger partial charge in [0.2, 0.25) is 0 Å². The highest BCUT2D eigenvalue weighted by atomic mass is 15.2. The highest BCUT2D eigenvalue weighted by molar-refractivity contribution is 5.85. The Hall–Kier alpha value is -1.55. The molecule has 2 heterocycles. The van der Waals surface area contributed by atoms with Gasteiger partial charge in [-0.3, -0.25) is 5.10 Å². The van der Waals surface area contributed by atoms with Gasteiger partial charge in [-0.1, -0.05) is 32.6 Å². The molecule has 0 unspecified atom stereocenters. The van der Waals surface area contributed by atoms with Gasteiger partial charge in [0.1, 0.15) is 0 Å². The summed E-state index contributed by atoms with van der Waals surface area (Å²) in [6.07, 6.45) is 12.6. The molecule has 2 aromatic rings. The summed E-state index contributed by atoms with van der Waals surface area (Å²) in [4.78, 5) is 5.01. The lowest BCUT2D eigenvalue weighted by atomic mass is 9.68. The Morgan fingerprint density at radius 3 is 2.63 bits per heavy atom. The van der Waals surface area contributed by atoms with Gasteiger partial charge in [-0.2, -0.15) is 5.10 Å². The van der Waals surface area contributed by atoms with E-state index in [0.29, 0.717) is 5.41 Å². The van der Waals surface area contributed by atoms with Crippen LogP contribution in [0.1, 0.15) is 70.4 Å². The Balaban J connectivity index is 1.46. The van der Waals surface area contributed by atoms with E-state index in [1.807, 2.05) is 0 Å². The number of fused-ring (bicyclic) bond motifs is 1. The molecule has 1 aliphatic heterocycles. The number of nitrogens with zero attached hydrogens (tertiary/aromatic N) is 3. The fourth-order valence-electron chi connectivity index (χ4n) is 5.19. The van der Waals surface area contributed by atoms with Crippen molar-refractivity contribution in [3.8, 4) is 0 Å². The average Bonchev–Trinajstić information content (AvgIpc) is 3.09. The van der Waals surface area contributed by atoms with Crippen LogP contribution in [0.25, 0.3) is 10.9 Å². The molecule has 2 fully saturated rings. The number of aromatic nitrogens is 2. The Morgan fingerprint density at radius 1 is 1.11 bits per heavy atom. The predicted octanol–water partition coefficient (Wildman–Crippen LogP) is 5.35. The van der Waals surface area contributed by atoms with Crippen LogP contribution in [-0.2, 0) is 6.54 Å². The maximum absolute atomic E-state index is 4.54. The zero-order valence-electron chi connectivity index (χ0n) is 17.3. The van der Waals surface area contributed by atoms with Crippen LogP contribution in [0.4, 0.5) is 5.69 Å². The Labute approximate surface area is 164 Å². The largest absolute Gasteiger partial charge is 0.371 e. The SMILES string of the molecule is CCCCN(C)Cc1[nH]nc2ccc(N3CCC4(CCCCC4)CC3)cc12. The summed E-state index contributed by atoms with van der Waals surface area (Å²) in [5.74, 6) is 0. The van der Waals surface area contributed by atoms with Crippen molar-refractivity contribution in [3.63, 3.8) is 0 Å². The van der Waals surface area contributed by atoms with E-state index >= 15 is 0 Å². The Bertz CT molecular complexity index is 734. The van der Waals surface area contributed by atoms with Gasteiger partial charge in [-0.05, 0) is 69.3 Å². The summed E-state index contributed by atoms with van der Waals surface area (Å²) in [5, 5.41) is 9.12. The maximum Gasteiger partial charge on any atom is 0.0925 e. The van der Waals surface area contributed by atoms with Gasteiger partial charge in [0.25, 0.3) is 0 Å². The molecular weight excluding hydrogens is 332 g/mol. The number of benzene rings is 1. The molecule has 0 radical (unpaired) electrons. The monoisotopic (exact) mass is 368 g/mol. The topological polar surface area (TPSA) is 35.2 Å². The van der Waals surface area contributed by atoms with E-state index in [-0.39, 0.29) is 0 Å². The number of hydrogen-bond donors (Lipinski definition) is 1. The van der Waals surface area contributed by atoms with Crippen LogP contribution in [0, 0.1) is 5.41 Å². The molecule has 1 aliphatic carbocycles. The number of anilines is 1. The summed E-state index contributed by atoms with van der Waals surface area (Å²) >= 11 is 0. The third kappa shape index (κ3) is 4.16. The molecule has 0 bridgehead atoms. The highest BCUT2D eigenvalue weighted by Crippen LogP contribution is 2.45. The minimum Gasteiger partial charge on any atom is -0.371 e. The van der Waals surface area contributed by atoms with Crippen molar-refractivity contribution < 1.29 is 0 Å². The van der Waals surface area contributed by atoms with Crippen LogP contribution in [0.3, 0.4) is 0 Å². The number of aromatic amines is 1. The number of unbranched alkanes of at least 4 members (excludes halogenated alkanes) is 1. The smallest absolute Gasteiger partial charge is 0.0925 e. The molecule has 1 N–H and O–H groups in total. The van der Waals surface area contributed by atoms with Crippen LogP contribution in [0.15, 0.2) is 18.2 Å². The van der Waals surface area contributed by atoms with Crippen LogP contribution in [0.2, 0.25) is 0 Å². The number of piperidine rings is 1. The molecule has 0 atom stereocenters. The minimum absolute atomic E-state index is 0.668. The van der Waals surface area contributed by atoms with Gasteiger partial charge in [-0.25, -0.2) is 0 Å². The van der Waals surface area contributed by atoms with Crippen LogP contribution >= 0.6 is 0 Å². The van der Waals surface area contributed by atoms with Crippen molar-refractivity contribution in [2.75, 3.05) is 31.6 Å². The highest BCUT2D eigenvalue weighted by Gasteiger charge is 2.35. The van der Waals surface area contributed by atoms with Gasteiger partial charge >= 0.3 is 0 Å². The molecule has 0 amide bonds. The summed E-state index contributed by atoms with van der Waals surface area (Å²) < 4.78 is 0. The molecule has 4 rings (SSSR count). The van der Waals surface area contributed by atoms with Gasteiger partial charge < -0.3 is 9.80 Å². The second-order valence-corrected chi connectivity index (χ2v) is 9.04. The van der Waals surface area contributed by atoms with E-state index < -0.39 is 0 Å². The second-order valence-electron chi connectivity index (χ2n) is 9.04. The van der Waals surface area contributed by atoms with Crippen LogP contribution in [-0.4, -0.2) is 41.8 Å². The molecule has 2 aliphatic rings. The van der Waals surface area contributed by atoms with Crippen molar-refractivity contribution in [2.45, 2.75) is 71.3 Å². The fraction of sp³-hybridized carbons (Fsp3) is 0.696. The molecule has 4 nitrogen and oxygen atoms in total. The summed E-state index contributed by atoms with van der Waals surface area (Å²) in [6.45, 7) is 6.78. The quantitative estimate of drug-likeness (QED) is 0.747. The molecule has 1 aromatic carbocycles. The summed E-state index contributed by atoms with van der Waals surface area (Å²) in [5.41, 5.74) is 4.40. The zero-order chi connectivity index (χ0) is 18.7. The minimum atomic E-state index is 0.668. The molecule has 1 saturated heterocycles. The molecule has 4 heteroatoms. The van der Waals surface area contributed by atoms with E-state index in [9.17, 15) is 0 Å². The van der Waals surface area contributed by atoms with E-state index in [1.165, 1.54) is 87.6 Å². The van der Waals surface area contributed by atoms with E-state index in [4.69, 9.17) is 0 Å². The first-order valence-corrected chi connectivity index (χ1v) is 11.1. The van der Waals surface area contributed by atoms with Gasteiger partial charge in [0.05, 0.1) is 11.2 Å². The third-order valence-electron chi connectivity index (χ3n) is 7.04. The Morgan fingerprint density at radius 2 is 1.89 bits per heavy atom. The van der Waals surface area contributed by atoms with Crippen molar-refractivity contribution in [1.29, 1.82) is 0 Å². The maximum atomic E-state index is 4.54. The fourth-order valence-corrected chi connectivity index (χ4v) is 5.19. The van der Waals surface area contributed by atoms with E-state index in [1.54, 1.807) is 0 Å². The lowest BCUT2D eigenvalue weighted by Gasteiger charge is -2.45. The van der Waals surface area contributed by atoms with Gasteiger partial charge in [-0.15, -0.1) is 0 Å². The molecule has 148 valence electrons. The number of H-pyrrole nitrogens is 1. The first kappa shape index (κ1) is 18.8. The molecule has 1 spiro atoms. The Kier molecular flexibility index (Phi) is 5.72. The number of rotatable bonds is 6. The first-order valence-electron chi connectivity index (χ1n) is 11.1. The predicted molar refractivity (Wildman–Crippen MR) is 114 cm³/mol. The average molecular weight is 369 g/mol. The lowest BCUT2D eigenvalue weighted by molar-refractivity contribution is 0.144. The second kappa shape index (κ2) is 8.22. The van der Waals surface area contributed by atoms with Gasteiger partial charge in [0, 0.05) is 30.7 Å². The molecule has 1 aromatic heterocycles. The number of nitrogens with one attached hydrogen (secondary N) is 1. The first-order chi connectivity index (χ1) is 13.2. The van der Waals surface area contributed by atoms with Crippen molar-refractivity contribution >= 4 is 16.6 Å². The molecular formula is C23H36N4. The molecule has 27 heavy (non-hydrogen) atoms. The van der Waals surface area contributed by atoms with Gasteiger partial charge in [0.15, 0.2) is 0 Å². The van der Waals surface area contributed by atoms with Crippen LogP contribution < -0.4 is 4.90 Å². The lowest BCUT2D eigenvalue weighted by Crippen LogP contribution is -2.41. The van der Waals surface area contributed by atoms with Crippen molar-refractivity contribution in [3.05, 3.63) is 23.9 Å².